The van der Waals surface area contributed by atoms with Gasteiger partial charge in [-0.1, -0.05) is 11.3 Å². The molecular formula is C16H17N5O5S. The number of hydrogen-bond acceptors (Lipinski definition) is 9. The number of aromatic nitrogens is 2. The Morgan fingerprint density at radius 2 is 2.26 bits per heavy atom. The third-order valence-electron chi connectivity index (χ3n) is 4.32. The molecule has 1 aliphatic heterocycles. The third kappa shape index (κ3) is 4.19. The first kappa shape index (κ1) is 18.7. The van der Waals surface area contributed by atoms with Crippen LogP contribution in [0.3, 0.4) is 0 Å². The molecule has 1 aromatic carbocycles. The molecular weight excluding hydrogens is 374 g/mol. The predicted octanol–water partition coefficient (Wildman–Crippen LogP) is 2.09. The molecule has 0 bridgehead atoms. The van der Waals surface area contributed by atoms with Crippen LogP contribution in [0.5, 0.6) is 0 Å². The van der Waals surface area contributed by atoms with E-state index in [1.807, 2.05) is 4.90 Å². The van der Waals surface area contributed by atoms with E-state index in [0.29, 0.717) is 30.3 Å². The van der Waals surface area contributed by atoms with Gasteiger partial charge in [-0.2, -0.15) is 0 Å². The monoisotopic (exact) mass is 391 g/mol. The van der Waals surface area contributed by atoms with Crippen molar-refractivity contribution in [1.29, 1.82) is 0 Å². The molecule has 3 rings (SSSR count). The molecule has 1 atom stereocenters. The molecule has 1 fully saturated rings. The number of nitro benzene ring substituents is 1. The molecule has 0 saturated carbocycles. The summed E-state index contributed by atoms with van der Waals surface area (Å²) in [6.45, 7) is 1.01. The van der Waals surface area contributed by atoms with Gasteiger partial charge < -0.3 is 15.0 Å². The summed E-state index contributed by atoms with van der Waals surface area (Å²) < 4.78 is 4.77. The molecule has 0 aliphatic carbocycles. The summed E-state index contributed by atoms with van der Waals surface area (Å²) in [4.78, 5) is 36.9. The number of anilines is 2. The minimum atomic E-state index is -0.658. The fourth-order valence-corrected chi connectivity index (χ4v) is 3.48. The molecule has 0 radical (unpaired) electrons. The second kappa shape index (κ2) is 8.08. The van der Waals surface area contributed by atoms with Crippen molar-refractivity contribution in [2.75, 3.05) is 30.4 Å². The second-order valence-corrected chi connectivity index (χ2v) is 6.80. The lowest BCUT2D eigenvalue weighted by Gasteiger charge is -2.34. The molecule has 10 nitrogen and oxygen atoms in total. The van der Waals surface area contributed by atoms with Crippen molar-refractivity contribution in [3.63, 3.8) is 0 Å². The Morgan fingerprint density at radius 3 is 2.93 bits per heavy atom. The van der Waals surface area contributed by atoms with Crippen LogP contribution >= 0.6 is 11.3 Å². The molecule has 1 amide bonds. The van der Waals surface area contributed by atoms with E-state index in [4.69, 9.17) is 4.74 Å². The van der Waals surface area contributed by atoms with Crippen LogP contribution in [0.4, 0.5) is 16.5 Å². The Balaban J connectivity index is 1.81. The number of carbonyl (C=O) groups is 2. The topological polar surface area (TPSA) is 128 Å². The summed E-state index contributed by atoms with van der Waals surface area (Å²) in [6.07, 6.45) is 1.44. The number of benzene rings is 1. The fraction of sp³-hybridized carbons (Fsp3) is 0.375. The average Bonchev–Trinajstić information content (AvgIpc) is 3.20. The zero-order valence-electron chi connectivity index (χ0n) is 14.5. The highest BCUT2D eigenvalue weighted by Gasteiger charge is 2.29. The van der Waals surface area contributed by atoms with Gasteiger partial charge in [0.2, 0.25) is 11.0 Å². The largest absolute Gasteiger partial charge is 0.465 e. The number of nitrogens with zero attached hydrogens (tertiary/aromatic N) is 4. The van der Waals surface area contributed by atoms with E-state index in [2.05, 4.69) is 15.5 Å². The van der Waals surface area contributed by atoms with Gasteiger partial charge >= 0.3 is 5.97 Å². The normalized spacial score (nSPS) is 16.6. The Labute approximate surface area is 158 Å². The number of hydrogen-bond donors (Lipinski definition) is 1. The summed E-state index contributed by atoms with van der Waals surface area (Å²) in [7, 11) is 1.22. The maximum Gasteiger partial charge on any atom is 0.340 e. The number of piperidine rings is 1. The summed E-state index contributed by atoms with van der Waals surface area (Å²) in [5.74, 6) is -1.13. The lowest BCUT2D eigenvalue weighted by Crippen LogP contribution is -2.41. The predicted molar refractivity (Wildman–Crippen MR) is 97.9 cm³/mol. The Bertz CT molecular complexity index is 857. The van der Waals surface area contributed by atoms with Crippen LogP contribution in [0.15, 0.2) is 23.7 Å². The van der Waals surface area contributed by atoms with Crippen molar-refractivity contribution >= 4 is 39.7 Å². The Hall–Kier alpha value is -3.08. The lowest BCUT2D eigenvalue weighted by molar-refractivity contribution is -0.384. The maximum atomic E-state index is 12.5. The average molecular weight is 391 g/mol. The first-order chi connectivity index (χ1) is 13.0. The number of ether oxygens (including phenoxy) is 1. The van der Waals surface area contributed by atoms with Gasteiger partial charge in [0.25, 0.3) is 5.69 Å². The minimum absolute atomic E-state index is 0.108. The van der Waals surface area contributed by atoms with Crippen molar-refractivity contribution in [2.45, 2.75) is 12.8 Å². The number of nitro groups is 1. The summed E-state index contributed by atoms with van der Waals surface area (Å²) in [5, 5.41) is 21.7. The van der Waals surface area contributed by atoms with Crippen LogP contribution in [0.1, 0.15) is 23.2 Å². The molecule has 1 aliphatic rings. The van der Waals surface area contributed by atoms with Gasteiger partial charge in [0.1, 0.15) is 5.51 Å². The Morgan fingerprint density at radius 1 is 1.44 bits per heavy atom. The van der Waals surface area contributed by atoms with E-state index >= 15 is 0 Å². The van der Waals surface area contributed by atoms with Crippen LogP contribution in [-0.2, 0) is 9.53 Å². The van der Waals surface area contributed by atoms with Gasteiger partial charge in [-0.25, -0.2) is 4.79 Å². The number of amides is 1. The molecule has 1 saturated heterocycles. The van der Waals surface area contributed by atoms with E-state index < -0.39 is 10.9 Å². The highest BCUT2D eigenvalue weighted by molar-refractivity contribution is 7.13. The van der Waals surface area contributed by atoms with Gasteiger partial charge in [0.15, 0.2) is 0 Å². The molecule has 2 aromatic rings. The van der Waals surface area contributed by atoms with Gasteiger partial charge in [-0.05, 0) is 18.9 Å². The molecule has 1 N–H and O–H groups in total. The van der Waals surface area contributed by atoms with Crippen LogP contribution in [0.25, 0.3) is 0 Å². The maximum absolute atomic E-state index is 12.5. The van der Waals surface area contributed by atoms with E-state index in [0.717, 1.165) is 6.42 Å². The van der Waals surface area contributed by atoms with Crippen molar-refractivity contribution in [3.8, 4) is 0 Å². The number of carbonyl (C=O) groups excluding carboxylic acids is 2. The van der Waals surface area contributed by atoms with E-state index in [1.54, 1.807) is 0 Å². The number of esters is 1. The van der Waals surface area contributed by atoms with Gasteiger partial charge in [-0.3, -0.25) is 14.9 Å². The summed E-state index contributed by atoms with van der Waals surface area (Å²) in [5.41, 5.74) is 1.96. The molecule has 11 heteroatoms. The third-order valence-corrected chi connectivity index (χ3v) is 4.93. The van der Waals surface area contributed by atoms with E-state index in [-0.39, 0.29) is 23.1 Å². The van der Waals surface area contributed by atoms with Gasteiger partial charge in [0.05, 0.1) is 29.2 Å². The van der Waals surface area contributed by atoms with Crippen LogP contribution in [0, 0.1) is 16.0 Å². The van der Waals surface area contributed by atoms with Crippen molar-refractivity contribution in [3.05, 3.63) is 39.4 Å². The summed E-state index contributed by atoms with van der Waals surface area (Å²) in [6, 6.07) is 4.06. The zero-order chi connectivity index (χ0) is 19.4. The smallest absolute Gasteiger partial charge is 0.340 e. The van der Waals surface area contributed by atoms with E-state index in [1.165, 1.54) is 42.2 Å². The standard InChI is InChI=1S/C16H17N5O5S/c1-26-15(23)12-7-11(21(24)25)4-5-13(12)20-6-2-3-10(8-20)14(22)18-16-19-17-9-27-16/h4-5,7,9-10H,2-3,6,8H2,1H3,(H,18,19,22)/t10-/m1/s1. The minimum Gasteiger partial charge on any atom is -0.465 e. The second-order valence-electron chi connectivity index (χ2n) is 5.97. The van der Waals surface area contributed by atoms with E-state index in [9.17, 15) is 19.7 Å². The molecule has 0 unspecified atom stereocenters. The quantitative estimate of drug-likeness (QED) is 0.466. The van der Waals surface area contributed by atoms with Crippen molar-refractivity contribution in [1.82, 2.24) is 10.2 Å². The molecule has 2 heterocycles. The van der Waals surface area contributed by atoms with Crippen molar-refractivity contribution in [2.24, 2.45) is 5.92 Å². The molecule has 142 valence electrons. The molecule has 27 heavy (non-hydrogen) atoms. The number of methoxy groups -OCH3 is 1. The fourth-order valence-electron chi connectivity index (χ4n) is 3.03. The lowest BCUT2D eigenvalue weighted by atomic mass is 9.96. The number of rotatable bonds is 5. The first-order valence-electron chi connectivity index (χ1n) is 8.18. The van der Waals surface area contributed by atoms with Crippen LogP contribution in [0.2, 0.25) is 0 Å². The Kier molecular flexibility index (Phi) is 5.60. The SMILES string of the molecule is COC(=O)c1cc([N+](=O)[O-])ccc1N1CCC[C@@H](C(=O)Nc2nncs2)C1. The number of non-ortho nitro benzene ring substituents is 1. The summed E-state index contributed by atoms with van der Waals surface area (Å²) >= 11 is 1.23. The van der Waals surface area contributed by atoms with Crippen LogP contribution < -0.4 is 10.2 Å². The first-order valence-corrected chi connectivity index (χ1v) is 9.06. The van der Waals surface area contributed by atoms with Gasteiger partial charge in [0, 0.05) is 25.2 Å². The molecule has 1 aromatic heterocycles. The van der Waals surface area contributed by atoms with Gasteiger partial charge in [-0.15, -0.1) is 10.2 Å². The highest BCUT2D eigenvalue weighted by Crippen LogP contribution is 2.30. The number of nitrogens with one attached hydrogen (secondary N) is 1. The van der Waals surface area contributed by atoms with Crippen LogP contribution in [-0.4, -0.2) is 47.2 Å². The highest BCUT2D eigenvalue weighted by atomic mass is 32.1. The van der Waals surface area contributed by atoms with Crippen molar-refractivity contribution < 1.29 is 19.2 Å². The molecule has 0 spiro atoms. The zero-order valence-corrected chi connectivity index (χ0v) is 15.3.